The maximum atomic E-state index is 14.0. The van der Waals surface area contributed by atoms with Gasteiger partial charge in [-0.05, 0) is 55.3 Å². The van der Waals surface area contributed by atoms with Gasteiger partial charge in [-0.3, -0.25) is 0 Å². The van der Waals surface area contributed by atoms with Gasteiger partial charge in [0, 0.05) is 16.1 Å². The normalized spacial score (nSPS) is 12.4. The third kappa shape index (κ3) is 4.33. The average Bonchev–Trinajstić information content (AvgIpc) is 2.46. The fourth-order valence-corrected chi connectivity index (χ4v) is 2.80. The van der Waals surface area contributed by atoms with Gasteiger partial charge in [-0.1, -0.05) is 46.9 Å². The summed E-state index contributed by atoms with van der Waals surface area (Å²) in [5.74, 6) is -0.364. The number of hydrogen-bond acceptors (Lipinski definition) is 1. The molecule has 2 rings (SSSR count). The van der Waals surface area contributed by atoms with Gasteiger partial charge in [-0.15, -0.1) is 0 Å². The smallest absolute Gasteiger partial charge is 0.145 e. The van der Waals surface area contributed by atoms with Gasteiger partial charge in [0.1, 0.15) is 5.82 Å². The predicted octanol–water partition coefficient (Wildman–Crippen LogP) is 5.16. The third-order valence-electron chi connectivity index (χ3n) is 3.38. The Hall–Kier alpha value is -0.800. The molecule has 2 aromatic rings. The van der Waals surface area contributed by atoms with Crippen molar-refractivity contribution in [3.05, 3.63) is 68.4 Å². The van der Waals surface area contributed by atoms with E-state index in [9.17, 15) is 4.39 Å². The Morgan fingerprint density at radius 3 is 2.43 bits per heavy atom. The van der Waals surface area contributed by atoms with Gasteiger partial charge in [0.2, 0.25) is 0 Å². The summed E-state index contributed by atoms with van der Waals surface area (Å²) in [6.07, 6.45) is 1.17. The molecule has 1 atom stereocenters. The van der Waals surface area contributed by atoms with E-state index in [-0.39, 0.29) is 16.9 Å². The lowest BCUT2D eigenvalue weighted by molar-refractivity contribution is 0.532. The fraction of sp³-hybridized carbons (Fsp3) is 0.250. The summed E-state index contributed by atoms with van der Waals surface area (Å²) in [6.45, 7) is 0. The Morgan fingerprint density at radius 2 is 1.71 bits per heavy atom. The van der Waals surface area contributed by atoms with E-state index in [0.717, 1.165) is 5.56 Å². The van der Waals surface area contributed by atoms with Gasteiger partial charge in [-0.25, -0.2) is 4.39 Å². The van der Waals surface area contributed by atoms with E-state index in [1.165, 1.54) is 0 Å². The van der Waals surface area contributed by atoms with Crippen molar-refractivity contribution in [2.24, 2.45) is 0 Å². The lowest BCUT2D eigenvalue weighted by atomic mass is 9.98. The summed E-state index contributed by atoms with van der Waals surface area (Å²) in [6, 6.07) is 10.4. The molecule has 0 aromatic heterocycles. The van der Waals surface area contributed by atoms with E-state index >= 15 is 0 Å². The van der Waals surface area contributed by atoms with Gasteiger partial charge in [0.15, 0.2) is 0 Å². The molecule has 0 fully saturated rings. The summed E-state index contributed by atoms with van der Waals surface area (Å²) in [5, 5.41) is 4.62. The number of likely N-dealkylation sites (N-methyl/N-ethyl adjacent to an activating group) is 1. The second kappa shape index (κ2) is 7.46. The second-order valence-electron chi connectivity index (χ2n) is 4.84. The number of benzene rings is 2. The quantitative estimate of drug-likeness (QED) is 0.788. The van der Waals surface area contributed by atoms with Crippen molar-refractivity contribution in [2.45, 2.75) is 18.9 Å². The molecule has 0 aliphatic heterocycles. The van der Waals surface area contributed by atoms with Gasteiger partial charge in [-0.2, -0.15) is 0 Å². The molecule has 0 amide bonds. The highest BCUT2D eigenvalue weighted by Gasteiger charge is 2.14. The van der Waals surface area contributed by atoms with Crippen LogP contribution in [-0.4, -0.2) is 13.1 Å². The Labute approximate surface area is 139 Å². The van der Waals surface area contributed by atoms with Gasteiger partial charge in [0.25, 0.3) is 0 Å². The molecule has 1 N–H and O–H groups in total. The van der Waals surface area contributed by atoms with Crippen LogP contribution in [0.25, 0.3) is 0 Å². The molecule has 0 aliphatic carbocycles. The van der Waals surface area contributed by atoms with Crippen LogP contribution in [0.3, 0.4) is 0 Å². The molecule has 0 bridgehead atoms. The van der Waals surface area contributed by atoms with Crippen LogP contribution in [0.5, 0.6) is 0 Å². The molecular weight excluding hydrogens is 332 g/mol. The first-order chi connectivity index (χ1) is 10.0. The molecule has 112 valence electrons. The van der Waals surface area contributed by atoms with Crippen LogP contribution in [0.2, 0.25) is 15.1 Å². The van der Waals surface area contributed by atoms with Crippen LogP contribution in [-0.2, 0) is 12.8 Å². The largest absolute Gasteiger partial charge is 0.316 e. The molecule has 0 aliphatic rings. The van der Waals surface area contributed by atoms with Crippen molar-refractivity contribution in [1.82, 2.24) is 5.32 Å². The van der Waals surface area contributed by atoms with E-state index < -0.39 is 0 Å². The molecule has 1 unspecified atom stereocenters. The van der Waals surface area contributed by atoms with E-state index in [2.05, 4.69) is 5.32 Å². The SMILES string of the molecule is CNC(Cc1cc(Cl)ccc1Cl)Cc1cccc(Cl)c1F. The summed E-state index contributed by atoms with van der Waals surface area (Å²) >= 11 is 18.0. The Kier molecular flexibility index (Phi) is 5.88. The lowest BCUT2D eigenvalue weighted by Crippen LogP contribution is -2.30. The monoisotopic (exact) mass is 345 g/mol. The number of nitrogens with one attached hydrogen (secondary N) is 1. The Balaban J connectivity index is 2.17. The molecule has 0 spiro atoms. The first kappa shape index (κ1) is 16.6. The minimum absolute atomic E-state index is 0.0360. The standard InChI is InChI=1S/C16H15Cl3FN/c1-21-13(8-10-3-2-4-15(19)16(10)20)9-11-7-12(17)5-6-14(11)18/h2-7,13,21H,8-9H2,1H3. The van der Waals surface area contributed by atoms with Gasteiger partial charge in [0.05, 0.1) is 5.02 Å². The molecule has 1 nitrogen and oxygen atoms in total. The molecule has 0 heterocycles. The Morgan fingerprint density at radius 1 is 1.00 bits per heavy atom. The number of halogens is 4. The van der Waals surface area contributed by atoms with Crippen LogP contribution in [0.15, 0.2) is 36.4 Å². The van der Waals surface area contributed by atoms with E-state index in [0.29, 0.717) is 28.5 Å². The van der Waals surface area contributed by atoms with Crippen LogP contribution in [0.1, 0.15) is 11.1 Å². The minimum Gasteiger partial charge on any atom is -0.316 e. The second-order valence-corrected chi connectivity index (χ2v) is 6.09. The highest BCUT2D eigenvalue weighted by molar-refractivity contribution is 6.33. The maximum Gasteiger partial charge on any atom is 0.145 e. The van der Waals surface area contributed by atoms with E-state index in [1.54, 1.807) is 30.3 Å². The van der Waals surface area contributed by atoms with Gasteiger partial charge < -0.3 is 5.32 Å². The van der Waals surface area contributed by atoms with Crippen LogP contribution in [0, 0.1) is 5.82 Å². The van der Waals surface area contributed by atoms with Crippen molar-refractivity contribution in [1.29, 1.82) is 0 Å². The van der Waals surface area contributed by atoms with E-state index in [1.807, 2.05) is 13.1 Å². The molecule has 21 heavy (non-hydrogen) atoms. The first-order valence-corrected chi connectivity index (χ1v) is 7.68. The predicted molar refractivity (Wildman–Crippen MR) is 88.1 cm³/mol. The highest BCUT2D eigenvalue weighted by Crippen LogP contribution is 2.24. The molecular formula is C16H15Cl3FN. The van der Waals surface area contributed by atoms with Crippen LogP contribution in [0.4, 0.5) is 4.39 Å². The summed E-state index contributed by atoms with van der Waals surface area (Å²) in [4.78, 5) is 0. The first-order valence-electron chi connectivity index (χ1n) is 6.55. The van der Waals surface area contributed by atoms with Crippen molar-refractivity contribution in [3.63, 3.8) is 0 Å². The molecule has 2 aromatic carbocycles. The third-order valence-corrected chi connectivity index (χ3v) is 4.28. The van der Waals surface area contributed by atoms with Gasteiger partial charge >= 0.3 is 0 Å². The zero-order valence-electron chi connectivity index (χ0n) is 11.5. The minimum atomic E-state index is -0.364. The average molecular weight is 347 g/mol. The highest BCUT2D eigenvalue weighted by atomic mass is 35.5. The van der Waals surface area contributed by atoms with Crippen LogP contribution >= 0.6 is 34.8 Å². The molecule has 0 radical (unpaired) electrons. The zero-order chi connectivity index (χ0) is 15.4. The number of hydrogen-bond donors (Lipinski definition) is 1. The van der Waals surface area contributed by atoms with Crippen molar-refractivity contribution in [2.75, 3.05) is 7.05 Å². The topological polar surface area (TPSA) is 12.0 Å². The Bertz CT molecular complexity index is 627. The van der Waals surface area contributed by atoms with E-state index in [4.69, 9.17) is 34.8 Å². The van der Waals surface area contributed by atoms with Crippen molar-refractivity contribution < 1.29 is 4.39 Å². The summed E-state index contributed by atoms with van der Waals surface area (Å²) < 4.78 is 14.0. The molecule has 5 heteroatoms. The van der Waals surface area contributed by atoms with Crippen molar-refractivity contribution >= 4 is 34.8 Å². The number of rotatable bonds is 5. The maximum absolute atomic E-state index is 14.0. The molecule has 0 saturated heterocycles. The summed E-state index contributed by atoms with van der Waals surface area (Å²) in [5.41, 5.74) is 1.52. The molecule has 0 saturated carbocycles. The van der Waals surface area contributed by atoms with Crippen LogP contribution < -0.4 is 5.32 Å². The fourth-order valence-electron chi connectivity index (χ4n) is 2.21. The van der Waals surface area contributed by atoms with Crippen molar-refractivity contribution in [3.8, 4) is 0 Å². The lowest BCUT2D eigenvalue weighted by Gasteiger charge is -2.18. The zero-order valence-corrected chi connectivity index (χ0v) is 13.7. The summed E-state index contributed by atoms with van der Waals surface area (Å²) in [7, 11) is 1.84.